The molecule has 0 bridgehead atoms. The molecule has 1 saturated carbocycles. The second kappa shape index (κ2) is 10.5. The summed E-state index contributed by atoms with van der Waals surface area (Å²) in [4.78, 5) is 5.17. The van der Waals surface area contributed by atoms with Crippen molar-refractivity contribution in [1.82, 2.24) is 4.90 Å². The van der Waals surface area contributed by atoms with Gasteiger partial charge < -0.3 is 4.90 Å². The van der Waals surface area contributed by atoms with Crippen molar-refractivity contribution >= 4 is 15.5 Å². The molecule has 0 spiro atoms. The van der Waals surface area contributed by atoms with Crippen molar-refractivity contribution in [2.45, 2.75) is 49.5 Å². The zero-order chi connectivity index (χ0) is 23.4. The summed E-state index contributed by atoms with van der Waals surface area (Å²) in [6.45, 7) is 3.49. The lowest BCUT2D eigenvalue weighted by molar-refractivity contribution is 0.0847. The Labute approximate surface area is 196 Å². The Morgan fingerprint density at radius 1 is 0.939 bits per heavy atom. The standard InChI is InChI=1S/C26H34F2N2O2S/c1-33(31,32)24-9-5-8-23(17-24)29-14-15-30(25(19-29)22-6-3-2-4-7-22)18-21-12-10-20(11-13-21)16-26(27)28/h2-9,17,20-21,25-26H,10-16,18-19H2,1H3. The third-order valence-corrected chi connectivity index (χ3v) is 8.37. The summed E-state index contributed by atoms with van der Waals surface area (Å²) in [7, 11) is -3.26. The SMILES string of the molecule is CS(=O)(=O)c1cccc(N2CCN(CC3CCC(CC(F)F)CC3)C(c3ccccc3)C2)c1. The van der Waals surface area contributed by atoms with Crippen LogP contribution in [0.15, 0.2) is 59.5 Å². The average molecular weight is 477 g/mol. The molecule has 1 atom stereocenters. The third kappa shape index (κ3) is 6.33. The summed E-state index contributed by atoms with van der Waals surface area (Å²) in [5.41, 5.74) is 2.19. The molecular formula is C26H34F2N2O2S. The number of nitrogens with zero attached hydrogens (tertiary/aromatic N) is 2. The molecule has 4 rings (SSSR count). The van der Waals surface area contributed by atoms with Crippen molar-refractivity contribution in [2.75, 3.05) is 37.3 Å². The predicted octanol–water partition coefficient (Wildman–Crippen LogP) is 5.42. The van der Waals surface area contributed by atoms with Crippen LogP contribution in [-0.4, -0.2) is 52.2 Å². The number of alkyl halides is 2. The Morgan fingerprint density at radius 2 is 1.64 bits per heavy atom. The van der Waals surface area contributed by atoms with Gasteiger partial charge in [-0.2, -0.15) is 0 Å². The molecule has 1 aliphatic carbocycles. The summed E-state index contributed by atoms with van der Waals surface area (Å²) in [5.74, 6) is 0.718. The van der Waals surface area contributed by atoms with Gasteiger partial charge in [-0.15, -0.1) is 0 Å². The Hall–Kier alpha value is -1.99. The average Bonchev–Trinajstić information content (AvgIpc) is 2.80. The van der Waals surface area contributed by atoms with Gasteiger partial charge in [-0.25, -0.2) is 17.2 Å². The molecule has 180 valence electrons. The molecule has 1 heterocycles. The van der Waals surface area contributed by atoms with E-state index in [1.165, 1.54) is 11.8 Å². The first kappa shape index (κ1) is 24.1. The van der Waals surface area contributed by atoms with E-state index in [9.17, 15) is 17.2 Å². The van der Waals surface area contributed by atoms with E-state index in [0.717, 1.165) is 57.5 Å². The molecule has 2 aliphatic rings. The second-order valence-electron chi connectivity index (χ2n) is 9.65. The van der Waals surface area contributed by atoms with Gasteiger partial charge in [0, 0.05) is 44.5 Å². The fraction of sp³-hybridized carbons (Fsp3) is 0.538. The maximum Gasteiger partial charge on any atom is 0.238 e. The van der Waals surface area contributed by atoms with Gasteiger partial charge in [-0.3, -0.25) is 4.90 Å². The van der Waals surface area contributed by atoms with E-state index in [4.69, 9.17) is 0 Å². The molecule has 33 heavy (non-hydrogen) atoms. The van der Waals surface area contributed by atoms with Crippen LogP contribution in [-0.2, 0) is 9.84 Å². The second-order valence-corrected chi connectivity index (χ2v) is 11.7. The Morgan fingerprint density at radius 3 is 2.30 bits per heavy atom. The number of benzene rings is 2. The summed E-state index contributed by atoms with van der Waals surface area (Å²) >= 11 is 0. The summed E-state index contributed by atoms with van der Waals surface area (Å²) in [6, 6.07) is 17.9. The zero-order valence-electron chi connectivity index (χ0n) is 19.2. The van der Waals surface area contributed by atoms with Gasteiger partial charge >= 0.3 is 0 Å². The minimum absolute atomic E-state index is 0.0462. The molecule has 7 heteroatoms. The largest absolute Gasteiger partial charge is 0.368 e. The number of anilines is 1. The first-order valence-electron chi connectivity index (χ1n) is 11.9. The number of halogens is 2. The van der Waals surface area contributed by atoms with E-state index in [1.54, 1.807) is 12.1 Å². The van der Waals surface area contributed by atoms with E-state index in [2.05, 4.69) is 34.1 Å². The molecule has 0 amide bonds. The predicted molar refractivity (Wildman–Crippen MR) is 129 cm³/mol. The van der Waals surface area contributed by atoms with Crippen molar-refractivity contribution in [3.05, 3.63) is 60.2 Å². The molecule has 0 radical (unpaired) electrons. The highest BCUT2D eigenvalue weighted by Gasteiger charge is 2.32. The van der Waals surface area contributed by atoms with Gasteiger partial charge in [0.25, 0.3) is 0 Å². The van der Waals surface area contributed by atoms with E-state index in [1.807, 2.05) is 18.2 Å². The van der Waals surface area contributed by atoms with E-state index < -0.39 is 16.3 Å². The molecule has 2 fully saturated rings. The first-order chi connectivity index (χ1) is 15.8. The topological polar surface area (TPSA) is 40.6 Å². The van der Waals surface area contributed by atoms with E-state index in [-0.39, 0.29) is 18.4 Å². The van der Waals surface area contributed by atoms with Crippen molar-refractivity contribution in [3.63, 3.8) is 0 Å². The zero-order valence-corrected chi connectivity index (χ0v) is 20.1. The van der Waals surface area contributed by atoms with Crippen molar-refractivity contribution in [3.8, 4) is 0 Å². The highest BCUT2D eigenvalue weighted by atomic mass is 32.2. The fourth-order valence-corrected chi connectivity index (χ4v) is 6.07. The van der Waals surface area contributed by atoms with Gasteiger partial charge in [-0.05, 0) is 61.3 Å². The molecule has 4 nitrogen and oxygen atoms in total. The minimum Gasteiger partial charge on any atom is -0.368 e. The maximum atomic E-state index is 12.7. The smallest absolute Gasteiger partial charge is 0.238 e. The summed E-state index contributed by atoms with van der Waals surface area (Å²) in [6.07, 6.45) is 2.96. The molecule has 0 aromatic heterocycles. The van der Waals surface area contributed by atoms with Crippen LogP contribution in [0.5, 0.6) is 0 Å². The molecule has 1 aliphatic heterocycles. The van der Waals surface area contributed by atoms with E-state index in [0.29, 0.717) is 10.8 Å². The van der Waals surface area contributed by atoms with Crippen LogP contribution in [0.2, 0.25) is 0 Å². The molecule has 1 unspecified atom stereocenters. The summed E-state index contributed by atoms with van der Waals surface area (Å²) in [5, 5.41) is 0. The van der Waals surface area contributed by atoms with Crippen LogP contribution in [0.1, 0.15) is 43.7 Å². The number of piperazine rings is 1. The number of rotatable bonds is 7. The number of sulfone groups is 1. The van der Waals surface area contributed by atoms with Crippen LogP contribution >= 0.6 is 0 Å². The lowest BCUT2D eigenvalue weighted by Crippen LogP contribution is -2.50. The van der Waals surface area contributed by atoms with Crippen LogP contribution in [0.3, 0.4) is 0 Å². The first-order valence-corrected chi connectivity index (χ1v) is 13.8. The highest BCUT2D eigenvalue weighted by molar-refractivity contribution is 7.90. The van der Waals surface area contributed by atoms with Gasteiger partial charge in [0.15, 0.2) is 9.84 Å². The van der Waals surface area contributed by atoms with Crippen molar-refractivity contribution < 1.29 is 17.2 Å². The Bertz CT molecular complexity index is 1010. The quantitative estimate of drug-likeness (QED) is 0.535. The third-order valence-electron chi connectivity index (χ3n) is 7.26. The van der Waals surface area contributed by atoms with E-state index >= 15 is 0 Å². The summed E-state index contributed by atoms with van der Waals surface area (Å²) < 4.78 is 49.6. The molecule has 1 saturated heterocycles. The van der Waals surface area contributed by atoms with Crippen molar-refractivity contribution in [2.24, 2.45) is 11.8 Å². The van der Waals surface area contributed by atoms with Crippen LogP contribution in [0.25, 0.3) is 0 Å². The number of hydrogen-bond donors (Lipinski definition) is 0. The molecular weight excluding hydrogens is 442 g/mol. The van der Waals surface area contributed by atoms with Crippen LogP contribution < -0.4 is 4.90 Å². The monoisotopic (exact) mass is 476 g/mol. The Kier molecular flexibility index (Phi) is 7.69. The van der Waals surface area contributed by atoms with Crippen LogP contribution in [0.4, 0.5) is 14.5 Å². The van der Waals surface area contributed by atoms with Gasteiger partial charge in [-0.1, -0.05) is 36.4 Å². The lowest BCUT2D eigenvalue weighted by atomic mass is 9.80. The molecule has 0 N–H and O–H groups in total. The Balaban J connectivity index is 1.47. The van der Waals surface area contributed by atoms with Crippen molar-refractivity contribution in [1.29, 1.82) is 0 Å². The van der Waals surface area contributed by atoms with Gasteiger partial charge in [0.2, 0.25) is 6.43 Å². The van der Waals surface area contributed by atoms with Gasteiger partial charge in [0.1, 0.15) is 0 Å². The fourth-order valence-electron chi connectivity index (χ4n) is 5.41. The molecule has 2 aromatic carbocycles. The number of hydrogen-bond acceptors (Lipinski definition) is 4. The minimum atomic E-state index is -3.26. The van der Waals surface area contributed by atoms with Gasteiger partial charge in [0.05, 0.1) is 10.9 Å². The normalized spacial score (nSPS) is 24.8. The molecule has 2 aromatic rings. The maximum absolute atomic E-state index is 12.7. The lowest BCUT2D eigenvalue weighted by Gasteiger charge is -2.44. The van der Waals surface area contributed by atoms with Crippen LogP contribution in [0, 0.1) is 11.8 Å². The highest BCUT2D eigenvalue weighted by Crippen LogP contribution is 2.36.